The van der Waals surface area contributed by atoms with Crippen molar-refractivity contribution in [1.82, 2.24) is 4.98 Å². The van der Waals surface area contributed by atoms with Crippen LogP contribution in [0.3, 0.4) is 0 Å². The third-order valence-electron chi connectivity index (χ3n) is 4.90. The second-order valence-electron chi connectivity index (χ2n) is 6.19. The molecule has 4 nitrogen and oxygen atoms in total. The quantitative estimate of drug-likeness (QED) is 0.942. The van der Waals surface area contributed by atoms with E-state index in [4.69, 9.17) is 5.11 Å². The van der Waals surface area contributed by atoms with Crippen LogP contribution in [0.2, 0.25) is 0 Å². The van der Waals surface area contributed by atoms with Crippen LogP contribution < -0.4 is 4.90 Å². The lowest BCUT2D eigenvalue weighted by Gasteiger charge is -2.39. The number of thiophene rings is 1. The molecule has 2 unspecified atom stereocenters. The zero-order valence-corrected chi connectivity index (χ0v) is 12.6. The van der Waals surface area contributed by atoms with E-state index in [1.165, 1.54) is 22.9 Å². The van der Waals surface area contributed by atoms with E-state index in [9.17, 15) is 4.79 Å². The van der Waals surface area contributed by atoms with Crippen molar-refractivity contribution < 1.29 is 9.90 Å². The van der Waals surface area contributed by atoms with E-state index in [1.54, 1.807) is 11.3 Å². The van der Waals surface area contributed by atoms with Crippen LogP contribution in [-0.2, 0) is 4.79 Å². The zero-order chi connectivity index (χ0) is 14.4. The molecule has 4 rings (SSSR count). The van der Waals surface area contributed by atoms with E-state index in [0.29, 0.717) is 24.4 Å². The van der Waals surface area contributed by atoms with Crippen molar-refractivity contribution in [2.24, 2.45) is 5.92 Å². The molecule has 2 atom stereocenters. The number of hydrogen-bond acceptors (Lipinski definition) is 4. The minimum absolute atomic E-state index is 0.316. The second kappa shape index (κ2) is 4.98. The molecule has 0 amide bonds. The van der Waals surface area contributed by atoms with Crippen molar-refractivity contribution in [3.8, 4) is 0 Å². The third kappa shape index (κ3) is 2.20. The van der Waals surface area contributed by atoms with E-state index in [2.05, 4.69) is 27.4 Å². The molecular formula is C16H18N2O2S. The standard InChI is InChI=1S/C16H18N2O2S/c19-15(20)9-10-7-11-1-2-12(8-10)18(11)16-13-4-6-21-14(13)3-5-17-16/h3-6,10-12H,1-2,7-9H2,(H,19,20). The summed E-state index contributed by atoms with van der Waals surface area (Å²) in [4.78, 5) is 18.1. The first-order valence-electron chi connectivity index (χ1n) is 7.54. The summed E-state index contributed by atoms with van der Waals surface area (Å²) >= 11 is 1.75. The largest absolute Gasteiger partial charge is 0.481 e. The number of aromatic nitrogens is 1. The van der Waals surface area contributed by atoms with Crippen LogP contribution in [0.15, 0.2) is 23.7 Å². The van der Waals surface area contributed by atoms with Gasteiger partial charge in [0.1, 0.15) is 5.82 Å². The number of anilines is 1. The molecule has 0 spiro atoms. The first-order chi connectivity index (χ1) is 10.2. The number of piperidine rings is 1. The fourth-order valence-corrected chi connectivity index (χ4v) is 4.91. The van der Waals surface area contributed by atoms with Gasteiger partial charge in [-0.2, -0.15) is 0 Å². The predicted molar refractivity (Wildman–Crippen MR) is 83.9 cm³/mol. The average Bonchev–Trinajstić information content (AvgIpc) is 3.01. The van der Waals surface area contributed by atoms with E-state index in [-0.39, 0.29) is 0 Å². The molecule has 0 aliphatic carbocycles. The van der Waals surface area contributed by atoms with Crippen molar-refractivity contribution in [2.75, 3.05) is 4.90 Å². The van der Waals surface area contributed by atoms with Gasteiger partial charge < -0.3 is 10.0 Å². The fraction of sp³-hybridized carbons (Fsp3) is 0.500. The number of carbonyl (C=O) groups is 1. The Morgan fingerprint density at radius 3 is 2.81 bits per heavy atom. The highest BCUT2D eigenvalue weighted by Crippen LogP contribution is 2.44. The molecule has 2 bridgehead atoms. The Bertz CT molecular complexity index is 670. The maximum Gasteiger partial charge on any atom is 0.303 e. The summed E-state index contributed by atoms with van der Waals surface area (Å²) in [5, 5.41) is 12.4. The highest BCUT2D eigenvalue weighted by atomic mass is 32.1. The van der Waals surface area contributed by atoms with Crippen LogP contribution in [0.4, 0.5) is 5.82 Å². The van der Waals surface area contributed by atoms with Gasteiger partial charge in [-0.1, -0.05) is 0 Å². The predicted octanol–water partition coefficient (Wildman–Crippen LogP) is 3.52. The van der Waals surface area contributed by atoms with Gasteiger partial charge in [-0.25, -0.2) is 4.98 Å². The number of carboxylic acid groups (broad SMARTS) is 1. The molecule has 0 saturated carbocycles. The van der Waals surface area contributed by atoms with Crippen molar-refractivity contribution in [2.45, 2.75) is 44.2 Å². The van der Waals surface area contributed by atoms with Gasteiger partial charge >= 0.3 is 5.97 Å². The van der Waals surface area contributed by atoms with E-state index >= 15 is 0 Å². The maximum atomic E-state index is 11.0. The number of hydrogen-bond donors (Lipinski definition) is 1. The summed E-state index contributed by atoms with van der Waals surface area (Å²) in [6, 6.07) is 5.16. The van der Waals surface area contributed by atoms with Crippen molar-refractivity contribution in [3.05, 3.63) is 23.7 Å². The monoisotopic (exact) mass is 302 g/mol. The Labute approximate surface area is 127 Å². The first-order valence-corrected chi connectivity index (χ1v) is 8.42. The van der Waals surface area contributed by atoms with Gasteiger partial charge in [0.2, 0.25) is 0 Å². The van der Waals surface area contributed by atoms with Gasteiger partial charge in [-0.05, 0) is 49.1 Å². The molecule has 2 aliphatic rings. The molecule has 2 aliphatic heterocycles. The minimum atomic E-state index is -0.661. The Hall–Kier alpha value is -1.62. The summed E-state index contributed by atoms with van der Waals surface area (Å²) in [6.07, 6.45) is 6.54. The summed E-state index contributed by atoms with van der Waals surface area (Å²) in [5.74, 6) is 0.777. The lowest BCUT2D eigenvalue weighted by molar-refractivity contribution is -0.138. The second-order valence-corrected chi connectivity index (χ2v) is 7.14. The zero-order valence-electron chi connectivity index (χ0n) is 11.7. The number of pyridine rings is 1. The van der Waals surface area contributed by atoms with Crippen LogP contribution >= 0.6 is 11.3 Å². The van der Waals surface area contributed by atoms with E-state index in [0.717, 1.165) is 18.7 Å². The van der Waals surface area contributed by atoms with Gasteiger partial charge in [0, 0.05) is 34.8 Å². The summed E-state index contributed by atoms with van der Waals surface area (Å²) < 4.78 is 1.28. The Morgan fingerprint density at radius 1 is 1.33 bits per heavy atom. The van der Waals surface area contributed by atoms with Gasteiger partial charge in [0.25, 0.3) is 0 Å². The highest BCUT2D eigenvalue weighted by molar-refractivity contribution is 7.17. The van der Waals surface area contributed by atoms with Gasteiger partial charge in [0.15, 0.2) is 0 Å². The molecule has 5 heteroatoms. The summed E-state index contributed by atoms with van der Waals surface area (Å²) in [5.41, 5.74) is 0. The Morgan fingerprint density at radius 2 is 2.10 bits per heavy atom. The molecule has 2 saturated heterocycles. The molecule has 2 fully saturated rings. The van der Waals surface area contributed by atoms with Crippen LogP contribution in [0.5, 0.6) is 0 Å². The lowest BCUT2D eigenvalue weighted by atomic mass is 9.88. The van der Waals surface area contributed by atoms with Crippen LogP contribution in [0.25, 0.3) is 10.1 Å². The number of aliphatic carboxylic acids is 1. The minimum Gasteiger partial charge on any atom is -0.481 e. The smallest absolute Gasteiger partial charge is 0.303 e. The molecule has 21 heavy (non-hydrogen) atoms. The Kier molecular flexibility index (Phi) is 3.10. The third-order valence-corrected chi connectivity index (χ3v) is 5.78. The molecule has 0 radical (unpaired) electrons. The molecule has 2 aromatic heterocycles. The van der Waals surface area contributed by atoms with E-state index < -0.39 is 5.97 Å². The highest BCUT2D eigenvalue weighted by Gasteiger charge is 2.42. The first kappa shape index (κ1) is 13.1. The molecule has 4 heterocycles. The maximum absolute atomic E-state index is 11.0. The van der Waals surface area contributed by atoms with Gasteiger partial charge in [0.05, 0.1) is 0 Å². The fourth-order valence-electron chi connectivity index (χ4n) is 4.13. The average molecular weight is 302 g/mol. The molecule has 1 N–H and O–H groups in total. The van der Waals surface area contributed by atoms with Gasteiger partial charge in [-0.15, -0.1) is 11.3 Å². The topological polar surface area (TPSA) is 53.4 Å². The van der Waals surface area contributed by atoms with Crippen molar-refractivity contribution in [3.63, 3.8) is 0 Å². The number of rotatable bonds is 3. The normalized spacial score (nSPS) is 28.2. The summed E-state index contributed by atoms with van der Waals surface area (Å²) in [6.45, 7) is 0. The van der Waals surface area contributed by atoms with Gasteiger partial charge in [-0.3, -0.25) is 4.79 Å². The number of carboxylic acids is 1. The summed E-state index contributed by atoms with van der Waals surface area (Å²) in [7, 11) is 0. The van der Waals surface area contributed by atoms with Crippen molar-refractivity contribution in [1.29, 1.82) is 0 Å². The lowest BCUT2D eigenvalue weighted by Crippen LogP contribution is -2.43. The van der Waals surface area contributed by atoms with Crippen LogP contribution in [-0.4, -0.2) is 28.1 Å². The number of nitrogens with zero attached hydrogens (tertiary/aromatic N) is 2. The van der Waals surface area contributed by atoms with E-state index in [1.807, 2.05) is 6.20 Å². The van der Waals surface area contributed by atoms with Crippen LogP contribution in [0.1, 0.15) is 32.1 Å². The molecule has 110 valence electrons. The SMILES string of the molecule is O=C(O)CC1CC2CCC(C1)N2c1nccc2sccc12. The van der Waals surface area contributed by atoms with Crippen molar-refractivity contribution >= 4 is 33.2 Å². The molecular weight excluding hydrogens is 284 g/mol. The Balaban J connectivity index is 1.65. The number of fused-ring (bicyclic) bond motifs is 3. The molecule has 2 aromatic rings. The molecule has 0 aromatic carbocycles. The van der Waals surface area contributed by atoms with Crippen LogP contribution in [0, 0.1) is 5.92 Å².